The molecule has 1 N–H and O–H groups in total. The topological polar surface area (TPSA) is 63.2 Å². The molecule has 0 unspecified atom stereocenters. The van der Waals surface area contributed by atoms with Gasteiger partial charge in [-0.25, -0.2) is 4.98 Å². The maximum absolute atomic E-state index is 5.51. The minimum atomic E-state index is 0.458. The van der Waals surface area contributed by atoms with Crippen LogP contribution in [0.5, 0.6) is 0 Å². The molecule has 148 valence electrons. The van der Waals surface area contributed by atoms with E-state index in [1.807, 2.05) is 24.2 Å². The standard InChI is InChI=1S/C21H27N5OS/c1-8-22-9-2-15(1)16-3-10-26(11-4-16)21-24-18-7-14-28-19(18)20(25-21)23-17-5-12-27-13-6-17/h1-2,8-9,16-17H,3-7,10-14H2,(H,23,24,25). The Kier molecular flexibility index (Phi) is 5.36. The summed E-state index contributed by atoms with van der Waals surface area (Å²) in [6.45, 7) is 3.70. The largest absolute Gasteiger partial charge is 0.381 e. The van der Waals surface area contributed by atoms with Crippen molar-refractivity contribution >= 4 is 23.5 Å². The van der Waals surface area contributed by atoms with E-state index in [4.69, 9.17) is 14.7 Å². The number of thioether (sulfide) groups is 1. The second kappa shape index (κ2) is 8.25. The molecular weight excluding hydrogens is 370 g/mol. The van der Waals surface area contributed by atoms with E-state index >= 15 is 0 Å². The summed E-state index contributed by atoms with van der Waals surface area (Å²) in [4.78, 5) is 17.7. The Labute approximate surface area is 170 Å². The summed E-state index contributed by atoms with van der Waals surface area (Å²) in [5, 5.41) is 3.71. The van der Waals surface area contributed by atoms with Gasteiger partial charge in [-0.3, -0.25) is 4.98 Å². The fourth-order valence-corrected chi connectivity index (χ4v) is 5.43. The fraction of sp³-hybridized carbons (Fsp3) is 0.571. The van der Waals surface area contributed by atoms with Crippen LogP contribution < -0.4 is 10.2 Å². The quantitative estimate of drug-likeness (QED) is 0.847. The van der Waals surface area contributed by atoms with Gasteiger partial charge in [0.2, 0.25) is 5.95 Å². The van der Waals surface area contributed by atoms with Gasteiger partial charge in [0.15, 0.2) is 0 Å². The molecule has 2 fully saturated rings. The summed E-state index contributed by atoms with van der Waals surface area (Å²) >= 11 is 1.89. The first-order valence-electron chi connectivity index (χ1n) is 10.4. The Morgan fingerprint density at radius 3 is 2.61 bits per heavy atom. The van der Waals surface area contributed by atoms with Gasteiger partial charge in [0, 0.05) is 56.9 Å². The highest BCUT2D eigenvalue weighted by molar-refractivity contribution is 7.99. The van der Waals surface area contributed by atoms with Gasteiger partial charge in [-0.05, 0) is 49.3 Å². The van der Waals surface area contributed by atoms with Gasteiger partial charge in [0.05, 0.1) is 10.6 Å². The summed E-state index contributed by atoms with van der Waals surface area (Å²) in [7, 11) is 0. The highest BCUT2D eigenvalue weighted by Crippen LogP contribution is 2.38. The number of piperidine rings is 1. The van der Waals surface area contributed by atoms with Gasteiger partial charge in [-0.15, -0.1) is 11.8 Å². The van der Waals surface area contributed by atoms with Gasteiger partial charge in [-0.1, -0.05) is 0 Å². The van der Waals surface area contributed by atoms with E-state index in [1.54, 1.807) is 0 Å². The lowest BCUT2D eigenvalue weighted by Gasteiger charge is -2.33. The number of anilines is 2. The molecule has 2 saturated heterocycles. The van der Waals surface area contributed by atoms with E-state index in [2.05, 4.69) is 27.3 Å². The highest BCUT2D eigenvalue weighted by Gasteiger charge is 2.27. The molecule has 0 saturated carbocycles. The molecule has 2 aromatic rings. The molecule has 0 aromatic carbocycles. The fourth-order valence-electron chi connectivity index (χ4n) is 4.38. The first kappa shape index (κ1) is 18.2. The monoisotopic (exact) mass is 397 g/mol. The van der Waals surface area contributed by atoms with Gasteiger partial charge >= 0.3 is 0 Å². The minimum absolute atomic E-state index is 0.458. The summed E-state index contributed by atoms with van der Waals surface area (Å²) in [6, 6.07) is 4.76. The zero-order chi connectivity index (χ0) is 18.8. The molecule has 5 rings (SSSR count). The van der Waals surface area contributed by atoms with Crippen LogP contribution in [0.2, 0.25) is 0 Å². The summed E-state index contributed by atoms with van der Waals surface area (Å²) in [5.74, 6) is 3.68. The van der Waals surface area contributed by atoms with Crippen LogP contribution in [0.4, 0.5) is 11.8 Å². The Hall–Kier alpha value is -1.86. The van der Waals surface area contributed by atoms with Crippen LogP contribution in [0.1, 0.15) is 42.9 Å². The van der Waals surface area contributed by atoms with Crippen LogP contribution in [-0.4, -0.2) is 53.0 Å². The Morgan fingerprint density at radius 1 is 1.04 bits per heavy atom. The van der Waals surface area contributed by atoms with Crippen molar-refractivity contribution in [1.82, 2.24) is 15.0 Å². The van der Waals surface area contributed by atoms with Crippen LogP contribution >= 0.6 is 11.8 Å². The van der Waals surface area contributed by atoms with Crippen LogP contribution in [0.25, 0.3) is 0 Å². The normalized spacial score (nSPS) is 20.9. The van der Waals surface area contributed by atoms with Crippen molar-refractivity contribution in [2.75, 3.05) is 42.3 Å². The molecule has 0 atom stereocenters. The van der Waals surface area contributed by atoms with E-state index in [1.165, 1.54) is 16.2 Å². The Bertz CT molecular complexity index is 804. The molecule has 0 amide bonds. The first-order chi connectivity index (χ1) is 13.9. The highest BCUT2D eigenvalue weighted by atomic mass is 32.2. The smallest absolute Gasteiger partial charge is 0.227 e. The van der Waals surface area contributed by atoms with Crippen molar-refractivity contribution in [2.45, 2.75) is 49.0 Å². The Morgan fingerprint density at radius 2 is 1.82 bits per heavy atom. The number of hydrogen-bond acceptors (Lipinski definition) is 7. The molecule has 0 bridgehead atoms. The lowest BCUT2D eigenvalue weighted by molar-refractivity contribution is 0.0903. The van der Waals surface area contributed by atoms with E-state index in [0.717, 1.165) is 75.9 Å². The van der Waals surface area contributed by atoms with Crippen LogP contribution in [-0.2, 0) is 11.2 Å². The average molecular weight is 398 g/mol. The molecule has 2 aromatic heterocycles. The molecule has 28 heavy (non-hydrogen) atoms. The van der Waals surface area contributed by atoms with E-state index in [9.17, 15) is 0 Å². The average Bonchev–Trinajstić information content (AvgIpc) is 3.24. The number of hydrogen-bond donors (Lipinski definition) is 1. The van der Waals surface area contributed by atoms with Crippen molar-refractivity contribution in [2.24, 2.45) is 0 Å². The number of aryl methyl sites for hydroxylation is 1. The summed E-state index contributed by atoms with van der Waals surface area (Å²) in [6.07, 6.45) is 9.23. The van der Waals surface area contributed by atoms with Crippen molar-refractivity contribution in [3.63, 3.8) is 0 Å². The number of aromatic nitrogens is 3. The lowest BCUT2D eigenvalue weighted by Crippen LogP contribution is -2.35. The third-order valence-electron chi connectivity index (χ3n) is 6.03. The zero-order valence-corrected chi connectivity index (χ0v) is 17.0. The molecule has 6 nitrogen and oxygen atoms in total. The van der Waals surface area contributed by atoms with Crippen LogP contribution in [0.15, 0.2) is 29.4 Å². The number of ether oxygens (including phenoxy) is 1. The van der Waals surface area contributed by atoms with Gasteiger partial charge < -0.3 is 15.0 Å². The number of rotatable bonds is 4. The molecule has 0 aliphatic carbocycles. The summed E-state index contributed by atoms with van der Waals surface area (Å²) < 4.78 is 5.51. The number of nitrogens with zero attached hydrogens (tertiary/aromatic N) is 4. The third-order valence-corrected chi connectivity index (χ3v) is 7.15. The Balaban J connectivity index is 1.32. The summed E-state index contributed by atoms with van der Waals surface area (Å²) in [5.41, 5.74) is 2.63. The molecule has 5 heterocycles. The molecule has 0 spiro atoms. The SMILES string of the molecule is c1cc(C2CCN(c3nc4c(c(NC5CCOCC5)n3)SCC4)CC2)ccn1. The lowest BCUT2D eigenvalue weighted by atomic mass is 9.90. The van der Waals surface area contributed by atoms with E-state index in [0.29, 0.717) is 12.0 Å². The predicted molar refractivity (Wildman–Crippen MR) is 112 cm³/mol. The molecular formula is C21H27N5OS. The molecule has 7 heteroatoms. The molecule has 3 aliphatic rings. The predicted octanol–water partition coefficient (Wildman–Crippen LogP) is 3.49. The van der Waals surface area contributed by atoms with Crippen LogP contribution in [0, 0.1) is 0 Å². The maximum Gasteiger partial charge on any atom is 0.227 e. The van der Waals surface area contributed by atoms with Gasteiger partial charge in [-0.2, -0.15) is 4.98 Å². The first-order valence-corrected chi connectivity index (χ1v) is 11.4. The number of nitrogens with one attached hydrogen (secondary N) is 1. The van der Waals surface area contributed by atoms with Gasteiger partial charge in [0.1, 0.15) is 5.82 Å². The van der Waals surface area contributed by atoms with Crippen molar-refractivity contribution in [3.05, 3.63) is 35.8 Å². The molecule has 3 aliphatic heterocycles. The van der Waals surface area contributed by atoms with Crippen molar-refractivity contribution in [3.8, 4) is 0 Å². The van der Waals surface area contributed by atoms with E-state index < -0.39 is 0 Å². The number of fused-ring (bicyclic) bond motifs is 1. The van der Waals surface area contributed by atoms with Gasteiger partial charge in [0.25, 0.3) is 0 Å². The maximum atomic E-state index is 5.51. The van der Waals surface area contributed by atoms with Crippen LogP contribution in [0.3, 0.4) is 0 Å². The second-order valence-corrected chi connectivity index (χ2v) is 8.92. The zero-order valence-electron chi connectivity index (χ0n) is 16.1. The third kappa shape index (κ3) is 3.82. The molecule has 0 radical (unpaired) electrons. The number of pyridine rings is 1. The van der Waals surface area contributed by atoms with Crippen molar-refractivity contribution < 1.29 is 4.74 Å². The van der Waals surface area contributed by atoms with Crippen molar-refractivity contribution in [1.29, 1.82) is 0 Å². The minimum Gasteiger partial charge on any atom is -0.381 e. The van der Waals surface area contributed by atoms with E-state index in [-0.39, 0.29) is 0 Å². The second-order valence-electron chi connectivity index (χ2n) is 7.82.